The molecule has 0 radical (unpaired) electrons. The van der Waals surface area contributed by atoms with Crippen molar-refractivity contribution in [1.29, 1.82) is 0 Å². The van der Waals surface area contributed by atoms with E-state index in [1.165, 1.54) is 25.9 Å². The maximum atomic E-state index is 4.25. The Kier molecular flexibility index (Phi) is 3.23. The Morgan fingerprint density at radius 3 is 3.28 bits per heavy atom. The molecule has 2 aromatic heterocycles. The van der Waals surface area contributed by atoms with Gasteiger partial charge in [0.05, 0.1) is 11.7 Å². The van der Waals surface area contributed by atoms with Gasteiger partial charge in [-0.2, -0.15) is 0 Å². The van der Waals surface area contributed by atoms with E-state index in [1.54, 1.807) is 12.4 Å². The van der Waals surface area contributed by atoms with Crippen molar-refractivity contribution in [1.82, 2.24) is 24.9 Å². The van der Waals surface area contributed by atoms with E-state index >= 15 is 0 Å². The average molecular weight is 245 g/mol. The standard InChI is InChI=1S/C13H19N5/c1-2-17-7-3-4-11(9-17)10-18-13-5-6-14-8-12(13)15-16-18/h5-6,8,11H,2-4,7,9-10H2,1H3. The summed E-state index contributed by atoms with van der Waals surface area (Å²) in [7, 11) is 0. The second-order valence-electron chi connectivity index (χ2n) is 5.04. The molecule has 3 heterocycles. The number of aromatic nitrogens is 4. The summed E-state index contributed by atoms with van der Waals surface area (Å²) in [4.78, 5) is 6.60. The van der Waals surface area contributed by atoms with Crippen LogP contribution in [0, 0.1) is 5.92 Å². The number of pyridine rings is 1. The highest BCUT2D eigenvalue weighted by Gasteiger charge is 2.20. The summed E-state index contributed by atoms with van der Waals surface area (Å²) >= 11 is 0. The smallest absolute Gasteiger partial charge is 0.131 e. The van der Waals surface area contributed by atoms with E-state index in [0.29, 0.717) is 5.92 Å². The Morgan fingerprint density at radius 2 is 2.39 bits per heavy atom. The molecule has 96 valence electrons. The zero-order valence-corrected chi connectivity index (χ0v) is 10.8. The van der Waals surface area contributed by atoms with Crippen molar-refractivity contribution in [3.05, 3.63) is 18.5 Å². The number of rotatable bonds is 3. The zero-order valence-electron chi connectivity index (χ0n) is 10.8. The van der Waals surface area contributed by atoms with E-state index in [1.807, 2.05) is 10.7 Å². The first-order chi connectivity index (χ1) is 8.86. The highest BCUT2D eigenvalue weighted by molar-refractivity contribution is 5.72. The molecule has 0 bridgehead atoms. The lowest BCUT2D eigenvalue weighted by Crippen LogP contribution is -2.36. The van der Waals surface area contributed by atoms with E-state index in [-0.39, 0.29) is 0 Å². The molecule has 1 unspecified atom stereocenters. The Hall–Kier alpha value is -1.49. The zero-order chi connectivity index (χ0) is 12.4. The highest BCUT2D eigenvalue weighted by atomic mass is 15.4. The van der Waals surface area contributed by atoms with Crippen molar-refractivity contribution in [3.8, 4) is 0 Å². The third-order valence-corrected chi connectivity index (χ3v) is 3.80. The molecule has 1 saturated heterocycles. The van der Waals surface area contributed by atoms with Crippen molar-refractivity contribution in [2.45, 2.75) is 26.3 Å². The monoisotopic (exact) mass is 245 g/mol. The van der Waals surface area contributed by atoms with Gasteiger partial charge in [-0.25, -0.2) is 4.68 Å². The van der Waals surface area contributed by atoms with Gasteiger partial charge >= 0.3 is 0 Å². The lowest BCUT2D eigenvalue weighted by Gasteiger charge is -2.31. The van der Waals surface area contributed by atoms with Crippen LogP contribution in [-0.4, -0.2) is 44.5 Å². The van der Waals surface area contributed by atoms with Crippen molar-refractivity contribution in [3.63, 3.8) is 0 Å². The molecule has 5 nitrogen and oxygen atoms in total. The van der Waals surface area contributed by atoms with Gasteiger partial charge in [-0.3, -0.25) is 4.98 Å². The third kappa shape index (κ3) is 2.22. The van der Waals surface area contributed by atoms with Gasteiger partial charge in [0.1, 0.15) is 5.52 Å². The summed E-state index contributed by atoms with van der Waals surface area (Å²) in [5, 5.41) is 8.41. The summed E-state index contributed by atoms with van der Waals surface area (Å²) < 4.78 is 2.03. The molecule has 1 aliphatic heterocycles. The molecule has 5 heteroatoms. The largest absolute Gasteiger partial charge is 0.303 e. The molecule has 0 saturated carbocycles. The quantitative estimate of drug-likeness (QED) is 0.823. The fourth-order valence-electron chi connectivity index (χ4n) is 2.79. The summed E-state index contributed by atoms with van der Waals surface area (Å²) in [6, 6.07) is 2.00. The first kappa shape index (κ1) is 11.6. The van der Waals surface area contributed by atoms with Gasteiger partial charge in [-0.05, 0) is 37.9 Å². The van der Waals surface area contributed by atoms with Crippen LogP contribution in [0.5, 0.6) is 0 Å². The average Bonchev–Trinajstić information content (AvgIpc) is 2.83. The Balaban J connectivity index is 1.76. The SMILES string of the molecule is CCN1CCCC(Cn2nnc3cnccc32)C1. The topological polar surface area (TPSA) is 46.8 Å². The van der Waals surface area contributed by atoms with Crippen molar-refractivity contribution < 1.29 is 0 Å². The predicted molar refractivity (Wildman–Crippen MR) is 70.2 cm³/mol. The van der Waals surface area contributed by atoms with Crippen molar-refractivity contribution in [2.24, 2.45) is 5.92 Å². The summed E-state index contributed by atoms with van der Waals surface area (Å²) in [6.07, 6.45) is 6.18. The van der Waals surface area contributed by atoms with Crippen LogP contribution in [0.4, 0.5) is 0 Å². The molecule has 2 aromatic rings. The summed E-state index contributed by atoms with van der Waals surface area (Å²) in [5.41, 5.74) is 1.99. The fraction of sp³-hybridized carbons (Fsp3) is 0.615. The number of nitrogens with zero attached hydrogens (tertiary/aromatic N) is 5. The minimum Gasteiger partial charge on any atom is -0.303 e. The molecule has 1 fully saturated rings. The van der Waals surface area contributed by atoms with Gasteiger partial charge in [0.15, 0.2) is 0 Å². The van der Waals surface area contributed by atoms with Gasteiger partial charge < -0.3 is 4.90 Å². The second kappa shape index (κ2) is 5.02. The predicted octanol–water partition coefficient (Wildman–Crippen LogP) is 1.56. The van der Waals surface area contributed by atoms with Crippen LogP contribution >= 0.6 is 0 Å². The van der Waals surface area contributed by atoms with Crippen LogP contribution in [0.25, 0.3) is 11.0 Å². The van der Waals surface area contributed by atoms with Crippen LogP contribution in [0.2, 0.25) is 0 Å². The third-order valence-electron chi connectivity index (χ3n) is 3.80. The van der Waals surface area contributed by atoms with Crippen LogP contribution < -0.4 is 0 Å². The second-order valence-corrected chi connectivity index (χ2v) is 5.04. The molecule has 0 aromatic carbocycles. The lowest BCUT2D eigenvalue weighted by molar-refractivity contribution is 0.167. The molecule has 0 spiro atoms. The van der Waals surface area contributed by atoms with E-state index in [4.69, 9.17) is 0 Å². The number of fused-ring (bicyclic) bond motifs is 1. The van der Waals surface area contributed by atoms with Crippen molar-refractivity contribution >= 4 is 11.0 Å². The van der Waals surface area contributed by atoms with E-state index in [0.717, 1.165) is 24.1 Å². The van der Waals surface area contributed by atoms with Gasteiger partial charge in [0, 0.05) is 19.3 Å². The summed E-state index contributed by atoms with van der Waals surface area (Å²) in [6.45, 7) is 6.78. The fourth-order valence-corrected chi connectivity index (χ4v) is 2.79. The van der Waals surface area contributed by atoms with Crippen LogP contribution in [0.3, 0.4) is 0 Å². The number of likely N-dealkylation sites (tertiary alicyclic amines) is 1. The van der Waals surface area contributed by atoms with Gasteiger partial charge in [0.25, 0.3) is 0 Å². The molecule has 18 heavy (non-hydrogen) atoms. The van der Waals surface area contributed by atoms with E-state index in [9.17, 15) is 0 Å². The normalized spacial score (nSPS) is 21.5. The Labute approximate surface area is 107 Å². The van der Waals surface area contributed by atoms with Crippen LogP contribution in [0.15, 0.2) is 18.5 Å². The molecule has 0 amide bonds. The molecular weight excluding hydrogens is 226 g/mol. The number of hydrogen-bond donors (Lipinski definition) is 0. The van der Waals surface area contributed by atoms with E-state index < -0.39 is 0 Å². The molecule has 0 aliphatic carbocycles. The molecular formula is C13H19N5. The minimum atomic E-state index is 0.691. The molecule has 1 aliphatic rings. The molecule has 1 atom stereocenters. The van der Waals surface area contributed by atoms with Gasteiger partial charge in [-0.15, -0.1) is 5.10 Å². The number of hydrogen-bond acceptors (Lipinski definition) is 4. The van der Waals surface area contributed by atoms with Crippen LogP contribution in [0.1, 0.15) is 19.8 Å². The molecule has 0 N–H and O–H groups in total. The van der Waals surface area contributed by atoms with Gasteiger partial charge in [-0.1, -0.05) is 12.1 Å². The number of piperidine rings is 1. The minimum absolute atomic E-state index is 0.691. The van der Waals surface area contributed by atoms with E-state index in [2.05, 4.69) is 27.1 Å². The highest BCUT2D eigenvalue weighted by Crippen LogP contribution is 2.19. The Morgan fingerprint density at radius 1 is 1.44 bits per heavy atom. The van der Waals surface area contributed by atoms with Crippen LogP contribution in [-0.2, 0) is 6.54 Å². The first-order valence-corrected chi connectivity index (χ1v) is 6.72. The van der Waals surface area contributed by atoms with Crippen molar-refractivity contribution in [2.75, 3.05) is 19.6 Å². The molecule has 3 rings (SSSR count). The Bertz CT molecular complexity index is 521. The van der Waals surface area contributed by atoms with Gasteiger partial charge in [0.2, 0.25) is 0 Å². The lowest BCUT2D eigenvalue weighted by atomic mass is 9.98. The maximum absolute atomic E-state index is 4.25. The maximum Gasteiger partial charge on any atom is 0.131 e. The summed E-state index contributed by atoms with van der Waals surface area (Å²) in [5.74, 6) is 0.691. The first-order valence-electron chi connectivity index (χ1n) is 6.72.